The molecule has 27 heavy (non-hydrogen) atoms. The molecule has 0 aliphatic carbocycles. The Morgan fingerprint density at radius 1 is 1.15 bits per heavy atom. The van der Waals surface area contributed by atoms with Gasteiger partial charge in [0.2, 0.25) is 0 Å². The minimum Gasteiger partial charge on any atom is -0.508 e. The minimum atomic E-state index is -0.535. The van der Waals surface area contributed by atoms with Crippen LogP contribution in [0.25, 0.3) is 6.08 Å². The number of aromatic hydroxyl groups is 1. The molecule has 2 aromatic rings. The molecule has 0 bridgehead atoms. The molecule has 6 heteroatoms. The van der Waals surface area contributed by atoms with Crippen LogP contribution in [0, 0.1) is 11.3 Å². The van der Waals surface area contributed by atoms with Gasteiger partial charge in [-0.15, -0.1) is 0 Å². The second-order valence-corrected chi connectivity index (χ2v) is 5.66. The van der Waals surface area contributed by atoms with Crippen LogP contribution in [0.4, 0.5) is 5.69 Å². The van der Waals surface area contributed by atoms with Crippen molar-refractivity contribution in [2.24, 2.45) is 0 Å². The van der Waals surface area contributed by atoms with Crippen molar-refractivity contribution in [2.45, 2.75) is 20.3 Å². The van der Waals surface area contributed by atoms with E-state index in [0.717, 1.165) is 6.42 Å². The number of nitrogens with one attached hydrogen (secondary N) is 1. The fourth-order valence-corrected chi connectivity index (χ4v) is 2.27. The number of anilines is 1. The molecule has 2 aromatic carbocycles. The second-order valence-electron chi connectivity index (χ2n) is 5.66. The summed E-state index contributed by atoms with van der Waals surface area (Å²) in [5, 5.41) is 21.3. The van der Waals surface area contributed by atoms with Gasteiger partial charge in [0.1, 0.15) is 17.4 Å². The van der Waals surface area contributed by atoms with Crippen LogP contribution < -0.4 is 14.8 Å². The number of nitrogens with zero attached hydrogens (tertiary/aromatic N) is 1. The van der Waals surface area contributed by atoms with Gasteiger partial charge in [0, 0.05) is 5.69 Å². The van der Waals surface area contributed by atoms with Crippen LogP contribution in [-0.2, 0) is 4.79 Å². The van der Waals surface area contributed by atoms with E-state index in [4.69, 9.17) is 9.47 Å². The van der Waals surface area contributed by atoms with Crippen LogP contribution >= 0.6 is 0 Å². The van der Waals surface area contributed by atoms with Crippen LogP contribution in [0.3, 0.4) is 0 Å². The summed E-state index contributed by atoms with van der Waals surface area (Å²) in [6, 6.07) is 13.2. The van der Waals surface area contributed by atoms with E-state index in [1.165, 1.54) is 18.2 Å². The summed E-state index contributed by atoms with van der Waals surface area (Å²) in [5.41, 5.74) is 1.09. The van der Waals surface area contributed by atoms with Crippen LogP contribution in [0.2, 0.25) is 0 Å². The topological polar surface area (TPSA) is 91.6 Å². The second kappa shape index (κ2) is 9.88. The van der Waals surface area contributed by atoms with Gasteiger partial charge in [-0.05, 0) is 61.4 Å². The summed E-state index contributed by atoms with van der Waals surface area (Å²) in [6.45, 7) is 4.94. The fourth-order valence-electron chi connectivity index (χ4n) is 2.27. The molecule has 2 N–H and O–H groups in total. The molecule has 0 saturated heterocycles. The molecular weight excluding hydrogens is 344 g/mol. The van der Waals surface area contributed by atoms with Crippen LogP contribution in [0.5, 0.6) is 17.2 Å². The summed E-state index contributed by atoms with van der Waals surface area (Å²) in [7, 11) is 0. The summed E-state index contributed by atoms with van der Waals surface area (Å²) < 4.78 is 11.2. The molecule has 0 aromatic heterocycles. The molecule has 0 fully saturated rings. The van der Waals surface area contributed by atoms with Crippen molar-refractivity contribution in [3.8, 4) is 23.3 Å². The number of amides is 1. The molecule has 0 spiro atoms. The van der Waals surface area contributed by atoms with Crippen LogP contribution in [0.1, 0.15) is 25.8 Å². The van der Waals surface area contributed by atoms with E-state index >= 15 is 0 Å². The quantitative estimate of drug-likeness (QED) is 0.416. The van der Waals surface area contributed by atoms with Gasteiger partial charge in [0.05, 0.1) is 13.2 Å². The minimum absolute atomic E-state index is 0.0484. The number of carbonyl (C=O) groups excluding carboxylic acids is 1. The smallest absolute Gasteiger partial charge is 0.266 e. The van der Waals surface area contributed by atoms with E-state index < -0.39 is 5.91 Å². The number of phenolic OH excluding ortho intramolecular Hbond substituents is 1. The number of benzene rings is 2. The lowest BCUT2D eigenvalue weighted by molar-refractivity contribution is -0.112. The molecule has 0 aliphatic heterocycles. The molecule has 0 atom stereocenters. The SMILES string of the molecule is CCCOc1ccc(/C=C(/C#N)C(=O)Nc2ccc(O)cc2)cc1OCC. The van der Waals surface area contributed by atoms with Crippen molar-refractivity contribution in [3.05, 3.63) is 53.6 Å². The average Bonchev–Trinajstić information content (AvgIpc) is 2.67. The van der Waals surface area contributed by atoms with E-state index in [1.54, 1.807) is 30.3 Å². The number of hydrogen-bond acceptors (Lipinski definition) is 5. The van der Waals surface area contributed by atoms with Gasteiger partial charge < -0.3 is 19.9 Å². The molecule has 140 valence electrons. The molecule has 0 radical (unpaired) electrons. The Morgan fingerprint density at radius 2 is 1.89 bits per heavy atom. The average molecular weight is 366 g/mol. The zero-order valence-corrected chi connectivity index (χ0v) is 15.4. The summed E-state index contributed by atoms with van der Waals surface area (Å²) in [6.07, 6.45) is 2.37. The van der Waals surface area contributed by atoms with Gasteiger partial charge in [-0.1, -0.05) is 13.0 Å². The highest BCUT2D eigenvalue weighted by molar-refractivity contribution is 6.09. The molecule has 2 rings (SSSR count). The lowest BCUT2D eigenvalue weighted by Crippen LogP contribution is -2.13. The van der Waals surface area contributed by atoms with E-state index in [2.05, 4.69) is 5.32 Å². The first-order chi connectivity index (χ1) is 13.1. The monoisotopic (exact) mass is 366 g/mol. The van der Waals surface area contributed by atoms with Crippen molar-refractivity contribution < 1.29 is 19.4 Å². The highest BCUT2D eigenvalue weighted by Crippen LogP contribution is 2.29. The van der Waals surface area contributed by atoms with Gasteiger partial charge in [-0.25, -0.2) is 0 Å². The van der Waals surface area contributed by atoms with E-state index in [9.17, 15) is 15.2 Å². The molecule has 0 unspecified atom stereocenters. The normalized spacial score (nSPS) is 10.8. The number of carbonyl (C=O) groups is 1. The van der Waals surface area contributed by atoms with Crippen molar-refractivity contribution in [1.82, 2.24) is 0 Å². The Bertz CT molecular complexity index is 851. The molecule has 1 amide bonds. The first-order valence-electron chi connectivity index (χ1n) is 8.69. The zero-order chi connectivity index (χ0) is 19.6. The summed E-state index contributed by atoms with van der Waals surface area (Å²) in [4.78, 5) is 12.3. The number of ether oxygens (including phenoxy) is 2. The van der Waals surface area contributed by atoms with Gasteiger partial charge in [-0.3, -0.25) is 4.79 Å². The Kier molecular flexibility index (Phi) is 7.26. The highest BCUT2D eigenvalue weighted by atomic mass is 16.5. The van der Waals surface area contributed by atoms with Crippen molar-refractivity contribution in [3.63, 3.8) is 0 Å². The summed E-state index contributed by atoms with van der Waals surface area (Å²) >= 11 is 0. The fraction of sp³-hybridized carbons (Fsp3) is 0.238. The molecular formula is C21H22N2O4. The van der Waals surface area contributed by atoms with Gasteiger partial charge in [0.15, 0.2) is 11.5 Å². The van der Waals surface area contributed by atoms with Crippen molar-refractivity contribution in [1.29, 1.82) is 5.26 Å². The van der Waals surface area contributed by atoms with E-state index in [1.807, 2.05) is 19.9 Å². The third kappa shape index (κ3) is 5.79. The molecule has 0 aliphatic rings. The third-order valence-corrected chi connectivity index (χ3v) is 3.53. The summed E-state index contributed by atoms with van der Waals surface area (Å²) in [5.74, 6) is 0.754. The Labute approximate surface area is 158 Å². The Morgan fingerprint density at radius 3 is 2.52 bits per heavy atom. The van der Waals surface area contributed by atoms with Gasteiger partial charge in [0.25, 0.3) is 5.91 Å². The maximum absolute atomic E-state index is 12.3. The molecule has 0 saturated carbocycles. The number of nitriles is 1. The Balaban J connectivity index is 2.22. The van der Waals surface area contributed by atoms with Gasteiger partial charge >= 0.3 is 0 Å². The first kappa shape index (κ1) is 19.9. The van der Waals surface area contributed by atoms with Gasteiger partial charge in [-0.2, -0.15) is 5.26 Å². The van der Waals surface area contributed by atoms with Crippen LogP contribution in [-0.4, -0.2) is 24.2 Å². The number of hydrogen-bond donors (Lipinski definition) is 2. The first-order valence-corrected chi connectivity index (χ1v) is 8.69. The maximum atomic E-state index is 12.3. The standard InChI is InChI=1S/C21H22N2O4/c1-3-11-27-19-10-5-15(13-20(19)26-4-2)12-16(14-22)21(25)23-17-6-8-18(24)9-7-17/h5-10,12-13,24H,3-4,11H2,1-2H3,(H,23,25)/b16-12-. The van der Waals surface area contributed by atoms with E-state index in [-0.39, 0.29) is 11.3 Å². The maximum Gasteiger partial charge on any atom is 0.266 e. The molecule has 0 heterocycles. The number of rotatable bonds is 8. The largest absolute Gasteiger partial charge is 0.508 e. The predicted molar refractivity (Wildman–Crippen MR) is 104 cm³/mol. The zero-order valence-electron chi connectivity index (χ0n) is 15.4. The number of phenols is 1. The lowest BCUT2D eigenvalue weighted by atomic mass is 10.1. The van der Waals surface area contributed by atoms with Crippen molar-refractivity contribution >= 4 is 17.7 Å². The molecule has 6 nitrogen and oxygen atoms in total. The van der Waals surface area contributed by atoms with Crippen molar-refractivity contribution in [2.75, 3.05) is 18.5 Å². The third-order valence-electron chi connectivity index (χ3n) is 3.53. The Hall–Kier alpha value is -3.46. The highest BCUT2D eigenvalue weighted by Gasteiger charge is 2.11. The van der Waals surface area contributed by atoms with E-state index in [0.29, 0.717) is 36.0 Å². The lowest BCUT2D eigenvalue weighted by Gasteiger charge is -2.12. The van der Waals surface area contributed by atoms with Crippen LogP contribution in [0.15, 0.2) is 48.0 Å². The predicted octanol–water partition coefficient (Wildman–Crippen LogP) is 4.13.